The highest BCUT2D eigenvalue weighted by Gasteiger charge is 2.33. The minimum atomic E-state index is -4.76. The number of amides is 1. The maximum Gasteiger partial charge on any atom is 0.416 e. The highest BCUT2D eigenvalue weighted by Crippen LogP contribution is 2.38. The number of hydrazone groups is 1. The van der Waals surface area contributed by atoms with Crippen molar-refractivity contribution < 1.29 is 37.1 Å². The Balaban J connectivity index is 1.82. The normalized spacial score (nSPS) is 11.2. The average molecular weight is 594 g/mol. The average Bonchev–Trinajstić information content (AvgIpc) is 2.88. The molecule has 38 heavy (non-hydrogen) atoms. The molecule has 0 spiro atoms. The maximum atomic E-state index is 13.0. The molecule has 13 heteroatoms. The van der Waals surface area contributed by atoms with Crippen molar-refractivity contribution in [3.8, 4) is 23.0 Å². The molecule has 3 aromatic carbocycles. The van der Waals surface area contributed by atoms with E-state index in [2.05, 4.69) is 33.0 Å². The van der Waals surface area contributed by atoms with E-state index in [1.165, 1.54) is 37.6 Å². The largest absolute Gasteiger partial charge is 0.493 e. The van der Waals surface area contributed by atoms with Crippen LogP contribution in [0.5, 0.6) is 23.0 Å². The number of nitro benzene ring substituents is 1. The van der Waals surface area contributed by atoms with Crippen LogP contribution in [0.4, 0.5) is 18.9 Å². The topological polar surface area (TPSA) is 112 Å². The second-order valence-electron chi connectivity index (χ2n) is 7.39. The van der Waals surface area contributed by atoms with Gasteiger partial charge >= 0.3 is 11.9 Å². The quantitative estimate of drug-likeness (QED) is 0.124. The maximum absolute atomic E-state index is 13.0. The van der Waals surface area contributed by atoms with Crippen molar-refractivity contribution in [3.05, 3.63) is 98.5 Å². The SMILES string of the molecule is C=CCOc1ccc(C(=O)N/N=C/c2cc(Br)ccc2Oc2ccc(C(F)(F)F)cc2[N+](=O)[O-])cc1OC. The number of carbonyl (C=O) groups is 1. The van der Waals surface area contributed by atoms with Crippen LogP contribution in [0.2, 0.25) is 0 Å². The summed E-state index contributed by atoms with van der Waals surface area (Å²) in [7, 11) is 1.42. The second-order valence-corrected chi connectivity index (χ2v) is 8.30. The van der Waals surface area contributed by atoms with Gasteiger partial charge in [-0.3, -0.25) is 14.9 Å². The smallest absolute Gasteiger partial charge is 0.416 e. The van der Waals surface area contributed by atoms with Crippen molar-refractivity contribution in [1.82, 2.24) is 5.43 Å². The molecule has 3 aromatic rings. The lowest BCUT2D eigenvalue weighted by Gasteiger charge is -2.12. The van der Waals surface area contributed by atoms with Gasteiger partial charge in [-0.05, 0) is 48.5 Å². The molecule has 0 aliphatic rings. The van der Waals surface area contributed by atoms with E-state index in [0.717, 1.165) is 6.07 Å². The molecule has 0 unspecified atom stereocenters. The van der Waals surface area contributed by atoms with Crippen molar-refractivity contribution in [2.75, 3.05) is 13.7 Å². The van der Waals surface area contributed by atoms with Crippen LogP contribution in [0, 0.1) is 10.1 Å². The number of benzene rings is 3. The van der Waals surface area contributed by atoms with Crippen LogP contribution in [0.1, 0.15) is 21.5 Å². The number of carbonyl (C=O) groups excluding carboxylic acids is 1. The Morgan fingerprint density at radius 1 is 1.11 bits per heavy atom. The zero-order valence-corrected chi connectivity index (χ0v) is 21.2. The molecular weight excluding hydrogens is 575 g/mol. The Morgan fingerprint density at radius 2 is 1.82 bits per heavy atom. The molecule has 1 amide bonds. The number of nitro groups is 1. The van der Waals surface area contributed by atoms with Gasteiger partial charge in [0, 0.05) is 21.7 Å². The van der Waals surface area contributed by atoms with E-state index in [0.29, 0.717) is 28.1 Å². The molecular formula is C25H19BrF3N3O6. The van der Waals surface area contributed by atoms with Crippen LogP contribution in [-0.2, 0) is 6.18 Å². The zero-order valence-electron chi connectivity index (χ0n) is 19.6. The van der Waals surface area contributed by atoms with Gasteiger partial charge in [0.15, 0.2) is 11.5 Å². The lowest BCUT2D eigenvalue weighted by molar-refractivity contribution is -0.385. The number of ether oxygens (including phenoxy) is 3. The molecule has 0 saturated carbocycles. The summed E-state index contributed by atoms with van der Waals surface area (Å²) in [5, 5.41) is 15.3. The number of alkyl halides is 3. The van der Waals surface area contributed by atoms with Gasteiger partial charge < -0.3 is 14.2 Å². The zero-order chi connectivity index (χ0) is 27.9. The first-order chi connectivity index (χ1) is 18.0. The summed E-state index contributed by atoms with van der Waals surface area (Å²) < 4.78 is 55.8. The Hall–Kier alpha value is -4.39. The summed E-state index contributed by atoms with van der Waals surface area (Å²) in [5.74, 6) is -0.204. The lowest BCUT2D eigenvalue weighted by atomic mass is 10.1. The number of nitrogens with one attached hydrogen (secondary N) is 1. The van der Waals surface area contributed by atoms with Gasteiger partial charge in [-0.15, -0.1) is 0 Å². The molecule has 1 N–H and O–H groups in total. The Kier molecular flexibility index (Phi) is 9.07. The molecule has 9 nitrogen and oxygen atoms in total. The van der Waals surface area contributed by atoms with Crippen LogP contribution in [-0.4, -0.2) is 30.8 Å². The fourth-order valence-corrected chi connectivity index (χ4v) is 3.43. The third kappa shape index (κ3) is 7.09. The standard InChI is InChI=1S/C25H19BrF3N3O6/c1-3-10-37-22-7-4-15(12-23(22)36-2)24(33)31-30-14-16-11-18(26)6-9-20(16)38-21-8-5-17(25(27,28)29)13-19(21)32(34)35/h3-9,11-14H,1,10H2,2H3,(H,31,33)/b30-14+. The predicted octanol–water partition coefficient (Wildman–Crippen LogP) is 6.51. The number of rotatable bonds is 10. The second kappa shape index (κ2) is 12.2. The summed E-state index contributed by atoms with van der Waals surface area (Å²) in [5.41, 5.74) is 0.768. The fourth-order valence-electron chi connectivity index (χ4n) is 3.06. The number of methoxy groups -OCH3 is 1. The molecule has 0 fully saturated rings. The van der Waals surface area contributed by atoms with E-state index in [4.69, 9.17) is 14.2 Å². The first kappa shape index (κ1) is 28.2. The van der Waals surface area contributed by atoms with Crippen LogP contribution in [0.25, 0.3) is 0 Å². The molecule has 0 aliphatic heterocycles. The Morgan fingerprint density at radius 3 is 2.47 bits per heavy atom. The van der Waals surface area contributed by atoms with Crippen molar-refractivity contribution >= 4 is 33.7 Å². The number of hydrogen-bond acceptors (Lipinski definition) is 7. The number of halogens is 4. The summed E-state index contributed by atoms with van der Waals surface area (Å²) in [6, 6.07) is 11.0. The highest BCUT2D eigenvalue weighted by atomic mass is 79.9. The van der Waals surface area contributed by atoms with E-state index >= 15 is 0 Å². The van der Waals surface area contributed by atoms with Crippen molar-refractivity contribution in [2.24, 2.45) is 5.10 Å². The van der Waals surface area contributed by atoms with E-state index < -0.39 is 34.0 Å². The molecule has 0 bridgehead atoms. The number of hydrogen-bond donors (Lipinski definition) is 1. The van der Waals surface area contributed by atoms with Gasteiger partial charge in [0.1, 0.15) is 12.4 Å². The molecule has 3 rings (SSSR count). The van der Waals surface area contributed by atoms with E-state index in [1.807, 2.05) is 0 Å². The van der Waals surface area contributed by atoms with E-state index in [-0.39, 0.29) is 23.5 Å². The van der Waals surface area contributed by atoms with Crippen LogP contribution in [0.15, 0.2) is 76.8 Å². The Bertz CT molecular complexity index is 1400. The summed E-state index contributed by atoms with van der Waals surface area (Å²) in [6.07, 6.45) is -1.99. The van der Waals surface area contributed by atoms with Crippen LogP contribution >= 0.6 is 15.9 Å². The van der Waals surface area contributed by atoms with Gasteiger partial charge in [-0.2, -0.15) is 18.3 Å². The molecule has 0 heterocycles. The molecule has 0 saturated heterocycles. The van der Waals surface area contributed by atoms with Gasteiger partial charge in [-0.25, -0.2) is 5.43 Å². The van der Waals surface area contributed by atoms with Crippen LogP contribution < -0.4 is 19.6 Å². The molecule has 0 aromatic heterocycles. The summed E-state index contributed by atoms with van der Waals surface area (Å²) >= 11 is 3.28. The van der Waals surface area contributed by atoms with Crippen molar-refractivity contribution in [1.29, 1.82) is 0 Å². The lowest BCUT2D eigenvalue weighted by Crippen LogP contribution is -2.17. The van der Waals surface area contributed by atoms with E-state index in [1.54, 1.807) is 18.2 Å². The fraction of sp³-hybridized carbons (Fsp3) is 0.120. The summed E-state index contributed by atoms with van der Waals surface area (Å²) in [4.78, 5) is 23.0. The van der Waals surface area contributed by atoms with Crippen molar-refractivity contribution in [2.45, 2.75) is 6.18 Å². The monoisotopic (exact) mass is 593 g/mol. The van der Waals surface area contributed by atoms with Crippen molar-refractivity contribution in [3.63, 3.8) is 0 Å². The third-order valence-electron chi connectivity index (χ3n) is 4.83. The third-order valence-corrected chi connectivity index (χ3v) is 5.32. The Labute approximate surface area is 222 Å². The van der Waals surface area contributed by atoms with Crippen LogP contribution in [0.3, 0.4) is 0 Å². The minimum Gasteiger partial charge on any atom is -0.493 e. The van der Waals surface area contributed by atoms with Gasteiger partial charge in [0.2, 0.25) is 5.75 Å². The van der Waals surface area contributed by atoms with Gasteiger partial charge in [-0.1, -0.05) is 28.6 Å². The number of nitrogens with zero attached hydrogens (tertiary/aromatic N) is 2. The first-order valence-corrected chi connectivity index (χ1v) is 11.4. The molecule has 0 aliphatic carbocycles. The molecule has 0 radical (unpaired) electrons. The molecule has 198 valence electrons. The van der Waals surface area contributed by atoms with Gasteiger partial charge in [0.25, 0.3) is 5.91 Å². The van der Waals surface area contributed by atoms with E-state index in [9.17, 15) is 28.1 Å². The predicted molar refractivity (Wildman–Crippen MR) is 136 cm³/mol. The highest BCUT2D eigenvalue weighted by molar-refractivity contribution is 9.10. The first-order valence-electron chi connectivity index (χ1n) is 10.6. The summed E-state index contributed by atoms with van der Waals surface area (Å²) in [6.45, 7) is 3.82. The van der Waals surface area contributed by atoms with Gasteiger partial charge in [0.05, 0.1) is 23.8 Å². The minimum absolute atomic E-state index is 0.0412. The molecule has 0 atom stereocenters.